The highest BCUT2D eigenvalue weighted by atomic mass is 79.9. The van der Waals surface area contributed by atoms with Crippen molar-refractivity contribution in [1.82, 2.24) is 9.80 Å². The zero-order valence-corrected chi connectivity index (χ0v) is 12.9. The van der Waals surface area contributed by atoms with Crippen LogP contribution >= 0.6 is 15.9 Å². The van der Waals surface area contributed by atoms with E-state index in [1.165, 1.54) is 12.1 Å². The molecule has 3 nitrogen and oxygen atoms in total. The smallest absolute Gasteiger partial charge is 0.256 e. The second-order valence-corrected chi connectivity index (χ2v) is 6.11. The molecular formula is C14H18BrFN2O. The van der Waals surface area contributed by atoms with Gasteiger partial charge in [0.25, 0.3) is 5.91 Å². The standard InChI is InChI=1S/C14H18BrFN2O/c1-9-7-18(8-10(2)17(9)3)14(19)12-5-4-11(15)6-13(12)16/h4-6,9-10H,7-8H2,1-3H3. The number of hydrogen-bond acceptors (Lipinski definition) is 2. The van der Waals surface area contributed by atoms with E-state index < -0.39 is 5.82 Å². The van der Waals surface area contributed by atoms with Crippen molar-refractivity contribution in [1.29, 1.82) is 0 Å². The molecule has 1 amide bonds. The molecule has 0 N–H and O–H groups in total. The van der Waals surface area contributed by atoms with Gasteiger partial charge in [0.2, 0.25) is 0 Å². The molecule has 2 atom stereocenters. The molecule has 0 spiro atoms. The third-order valence-electron chi connectivity index (χ3n) is 3.81. The van der Waals surface area contributed by atoms with Crippen LogP contribution in [0.25, 0.3) is 0 Å². The van der Waals surface area contributed by atoms with Crippen LogP contribution in [0.4, 0.5) is 4.39 Å². The van der Waals surface area contributed by atoms with Gasteiger partial charge in [0.05, 0.1) is 5.56 Å². The minimum absolute atomic E-state index is 0.146. The lowest BCUT2D eigenvalue weighted by Crippen LogP contribution is -2.56. The molecule has 104 valence electrons. The fraction of sp³-hybridized carbons (Fsp3) is 0.500. The van der Waals surface area contributed by atoms with Gasteiger partial charge in [-0.2, -0.15) is 0 Å². The molecule has 1 fully saturated rings. The number of nitrogens with zero attached hydrogens (tertiary/aromatic N) is 2. The Kier molecular flexibility index (Phi) is 4.26. The highest BCUT2D eigenvalue weighted by Gasteiger charge is 2.30. The van der Waals surface area contributed by atoms with Crippen molar-refractivity contribution in [3.63, 3.8) is 0 Å². The lowest BCUT2D eigenvalue weighted by atomic mass is 10.1. The number of rotatable bonds is 1. The lowest BCUT2D eigenvalue weighted by molar-refractivity contribution is 0.0410. The summed E-state index contributed by atoms with van der Waals surface area (Å²) >= 11 is 3.20. The van der Waals surface area contributed by atoms with Gasteiger partial charge >= 0.3 is 0 Å². The summed E-state index contributed by atoms with van der Waals surface area (Å²) in [4.78, 5) is 16.4. The molecule has 0 aromatic heterocycles. The van der Waals surface area contributed by atoms with Crippen LogP contribution in [0.5, 0.6) is 0 Å². The molecule has 5 heteroatoms. The van der Waals surface area contributed by atoms with Crippen LogP contribution in [-0.4, -0.2) is 47.9 Å². The summed E-state index contributed by atoms with van der Waals surface area (Å²) in [6.07, 6.45) is 0. The first-order valence-electron chi connectivity index (χ1n) is 6.36. The maximum absolute atomic E-state index is 13.8. The van der Waals surface area contributed by atoms with Crippen molar-refractivity contribution in [2.24, 2.45) is 0 Å². The quantitative estimate of drug-likeness (QED) is 0.791. The summed E-state index contributed by atoms with van der Waals surface area (Å²) in [7, 11) is 2.05. The van der Waals surface area contributed by atoms with Crippen molar-refractivity contribution < 1.29 is 9.18 Å². The van der Waals surface area contributed by atoms with Gasteiger partial charge in [-0.05, 0) is 39.1 Å². The Labute approximate surface area is 121 Å². The highest BCUT2D eigenvalue weighted by molar-refractivity contribution is 9.10. The molecule has 1 heterocycles. The maximum atomic E-state index is 13.8. The first-order chi connectivity index (χ1) is 8.90. The summed E-state index contributed by atoms with van der Waals surface area (Å²) < 4.78 is 14.5. The van der Waals surface area contributed by atoms with E-state index >= 15 is 0 Å². The van der Waals surface area contributed by atoms with Crippen LogP contribution in [0, 0.1) is 5.82 Å². The third-order valence-corrected chi connectivity index (χ3v) is 4.30. The Hall–Kier alpha value is -0.940. The van der Waals surface area contributed by atoms with Gasteiger partial charge in [0, 0.05) is 29.6 Å². The largest absolute Gasteiger partial charge is 0.335 e. The average Bonchev–Trinajstić information content (AvgIpc) is 2.34. The normalized spacial score (nSPS) is 24.6. The van der Waals surface area contributed by atoms with Gasteiger partial charge < -0.3 is 4.90 Å². The van der Waals surface area contributed by atoms with E-state index in [0.29, 0.717) is 17.6 Å². The second-order valence-electron chi connectivity index (χ2n) is 5.20. The molecule has 1 aliphatic rings. The predicted octanol–water partition coefficient (Wildman–Crippen LogP) is 2.75. The molecular weight excluding hydrogens is 311 g/mol. The van der Waals surface area contributed by atoms with Crippen LogP contribution in [-0.2, 0) is 0 Å². The first kappa shape index (κ1) is 14.5. The highest BCUT2D eigenvalue weighted by Crippen LogP contribution is 2.20. The molecule has 2 unspecified atom stereocenters. The van der Waals surface area contributed by atoms with E-state index in [2.05, 4.69) is 41.7 Å². The van der Waals surface area contributed by atoms with Crippen molar-refractivity contribution in [2.45, 2.75) is 25.9 Å². The Morgan fingerprint density at radius 3 is 2.42 bits per heavy atom. The Balaban J connectivity index is 2.20. The minimum atomic E-state index is -0.474. The van der Waals surface area contributed by atoms with E-state index in [-0.39, 0.29) is 23.6 Å². The topological polar surface area (TPSA) is 23.6 Å². The minimum Gasteiger partial charge on any atom is -0.335 e. The van der Waals surface area contributed by atoms with E-state index in [1.807, 2.05) is 0 Å². The van der Waals surface area contributed by atoms with E-state index in [0.717, 1.165) is 0 Å². The zero-order chi connectivity index (χ0) is 14.2. The predicted molar refractivity (Wildman–Crippen MR) is 76.7 cm³/mol. The molecule has 0 aliphatic carbocycles. The fourth-order valence-electron chi connectivity index (χ4n) is 2.40. The molecule has 2 rings (SSSR count). The number of piperazine rings is 1. The van der Waals surface area contributed by atoms with Crippen LogP contribution < -0.4 is 0 Å². The van der Waals surface area contributed by atoms with Gasteiger partial charge in [0.1, 0.15) is 5.82 Å². The number of halogens is 2. The zero-order valence-electron chi connectivity index (χ0n) is 11.4. The molecule has 0 saturated carbocycles. The molecule has 1 aromatic rings. The number of benzene rings is 1. The van der Waals surface area contributed by atoms with Crippen LogP contribution in [0.1, 0.15) is 24.2 Å². The average molecular weight is 329 g/mol. The maximum Gasteiger partial charge on any atom is 0.256 e. The van der Waals surface area contributed by atoms with Gasteiger partial charge in [-0.1, -0.05) is 15.9 Å². The number of carbonyl (C=O) groups is 1. The second kappa shape index (κ2) is 5.59. The number of carbonyl (C=O) groups excluding carboxylic acids is 1. The summed E-state index contributed by atoms with van der Waals surface area (Å²) in [5.74, 6) is -0.699. The molecule has 0 radical (unpaired) electrons. The summed E-state index contributed by atoms with van der Waals surface area (Å²) in [6.45, 7) is 5.42. The Morgan fingerprint density at radius 1 is 1.32 bits per heavy atom. The van der Waals surface area contributed by atoms with Crippen molar-refractivity contribution in [3.05, 3.63) is 34.1 Å². The summed E-state index contributed by atoms with van der Waals surface area (Å²) in [5.41, 5.74) is 0.146. The van der Waals surface area contributed by atoms with Gasteiger partial charge in [0.15, 0.2) is 0 Å². The fourth-order valence-corrected chi connectivity index (χ4v) is 2.74. The molecule has 19 heavy (non-hydrogen) atoms. The number of hydrogen-bond donors (Lipinski definition) is 0. The number of amides is 1. The first-order valence-corrected chi connectivity index (χ1v) is 7.15. The van der Waals surface area contributed by atoms with Gasteiger partial charge in [-0.3, -0.25) is 9.69 Å². The summed E-state index contributed by atoms with van der Waals surface area (Å²) in [5, 5.41) is 0. The lowest BCUT2D eigenvalue weighted by Gasteiger charge is -2.42. The summed E-state index contributed by atoms with van der Waals surface area (Å²) in [6, 6.07) is 5.13. The molecule has 0 bridgehead atoms. The third kappa shape index (κ3) is 2.98. The van der Waals surface area contributed by atoms with Gasteiger partial charge in [-0.15, -0.1) is 0 Å². The van der Waals surface area contributed by atoms with Crippen molar-refractivity contribution >= 4 is 21.8 Å². The number of likely N-dealkylation sites (N-methyl/N-ethyl adjacent to an activating group) is 1. The molecule has 1 aliphatic heterocycles. The van der Waals surface area contributed by atoms with Crippen LogP contribution in [0.2, 0.25) is 0 Å². The Bertz CT molecular complexity index is 482. The van der Waals surface area contributed by atoms with Crippen molar-refractivity contribution in [2.75, 3.05) is 20.1 Å². The van der Waals surface area contributed by atoms with Crippen LogP contribution in [0.3, 0.4) is 0 Å². The van der Waals surface area contributed by atoms with Gasteiger partial charge in [-0.25, -0.2) is 4.39 Å². The SMILES string of the molecule is CC1CN(C(=O)c2ccc(Br)cc2F)CC(C)N1C. The molecule has 1 aromatic carbocycles. The van der Waals surface area contributed by atoms with Crippen molar-refractivity contribution in [3.8, 4) is 0 Å². The van der Waals surface area contributed by atoms with E-state index in [4.69, 9.17) is 0 Å². The molecule has 1 saturated heterocycles. The Morgan fingerprint density at radius 2 is 1.89 bits per heavy atom. The van der Waals surface area contributed by atoms with E-state index in [9.17, 15) is 9.18 Å². The van der Waals surface area contributed by atoms with E-state index in [1.54, 1.807) is 11.0 Å². The van der Waals surface area contributed by atoms with Crippen LogP contribution in [0.15, 0.2) is 22.7 Å². The monoisotopic (exact) mass is 328 g/mol.